The van der Waals surface area contributed by atoms with Crippen molar-refractivity contribution in [1.29, 1.82) is 0 Å². The van der Waals surface area contributed by atoms with Crippen molar-refractivity contribution in [2.24, 2.45) is 0 Å². The molecule has 2 spiro atoms. The topological polar surface area (TPSA) is 250 Å². The molecule has 0 amide bonds. The Balaban J connectivity index is 1.20. The Bertz CT molecular complexity index is 1850. The molecule has 0 aromatic heterocycles. The van der Waals surface area contributed by atoms with Crippen LogP contribution in [0.3, 0.4) is 0 Å². The smallest absolute Gasteiger partial charge is 0.348 e. The predicted molar refractivity (Wildman–Crippen MR) is 171 cm³/mol. The minimum absolute atomic E-state index is 0.0392. The summed E-state index contributed by atoms with van der Waals surface area (Å²) in [6.07, 6.45) is 11.6. The largest absolute Gasteiger partial charge is 0.554 e. The molecule has 0 saturated carbocycles. The van der Waals surface area contributed by atoms with Crippen LogP contribution in [0.25, 0.3) is 0 Å². The van der Waals surface area contributed by atoms with Gasteiger partial charge in [0, 0.05) is 40.4 Å². The molecule has 0 aromatic rings. The van der Waals surface area contributed by atoms with Crippen molar-refractivity contribution in [3.8, 4) is 0 Å². The zero-order chi connectivity index (χ0) is 40.0. The maximum Gasteiger partial charge on any atom is 0.348 e. The summed E-state index contributed by atoms with van der Waals surface area (Å²) < 4.78 is 57.2. The minimum atomic E-state index is -2.41. The van der Waals surface area contributed by atoms with Gasteiger partial charge in [-0.05, 0) is 30.7 Å². The van der Waals surface area contributed by atoms with E-state index in [1.165, 1.54) is 57.6 Å². The third kappa shape index (κ3) is 8.80. The van der Waals surface area contributed by atoms with Crippen molar-refractivity contribution >= 4 is 35.8 Å². The third-order valence-electron chi connectivity index (χ3n) is 8.01. The molecular formula is C36H34O19-2. The summed E-state index contributed by atoms with van der Waals surface area (Å²) >= 11 is 0. The Morgan fingerprint density at radius 2 is 1.02 bits per heavy atom. The first-order chi connectivity index (χ1) is 26.1. The Morgan fingerprint density at radius 3 is 1.42 bits per heavy atom. The van der Waals surface area contributed by atoms with Crippen LogP contribution in [0.15, 0.2) is 94.9 Å². The number of allylic oxidation sites excluding steroid dienone is 8. The van der Waals surface area contributed by atoms with E-state index < -0.39 is 93.5 Å². The van der Waals surface area contributed by atoms with E-state index in [-0.39, 0.29) is 38.9 Å². The van der Waals surface area contributed by atoms with Crippen molar-refractivity contribution in [3.63, 3.8) is 0 Å². The van der Waals surface area contributed by atoms with Gasteiger partial charge in [0.1, 0.15) is 24.4 Å². The maximum absolute atomic E-state index is 12.9. The van der Waals surface area contributed by atoms with E-state index >= 15 is 0 Å². The Hall–Kier alpha value is -6.18. The number of carbonyl (C=O) groups excluding carboxylic acids is 6. The molecule has 5 aliphatic rings. The molecule has 3 saturated heterocycles. The van der Waals surface area contributed by atoms with Gasteiger partial charge in [-0.25, -0.2) is 28.8 Å². The van der Waals surface area contributed by atoms with Crippen molar-refractivity contribution < 1.29 is 91.1 Å². The Kier molecular flexibility index (Phi) is 11.7. The zero-order valence-corrected chi connectivity index (χ0v) is 29.8. The average molecular weight is 771 g/mol. The monoisotopic (exact) mass is 770 g/mol. The summed E-state index contributed by atoms with van der Waals surface area (Å²) in [5.41, 5.74) is -1.96. The number of esters is 6. The number of methoxy groups -OCH3 is 2. The summed E-state index contributed by atoms with van der Waals surface area (Å²) in [5, 5.41) is 25.7. The van der Waals surface area contributed by atoms with Crippen LogP contribution in [-0.2, 0) is 80.9 Å². The van der Waals surface area contributed by atoms with Crippen LogP contribution in [0.4, 0.5) is 0 Å². The first kappa shape index (κ1) is 40.0. The molecule has 19 nitrogen and oxygen atoms in total. The van der Waals surface area contributed by atoms with Gasteiger partial charge in [-0.1, -0.05) is 43.4 Å². The van der Waals surface area contributed by atoms with Crippen LogP contribution in [0, 0.1) is 0 Å². The highest BCUT2D eigenvalue weighted by Crippen LogP contribution is 2.44. The lowest BCUT2D eigenvalue weighted by Crippen LogP contribution is -2.59. The second-order valence-corrected chi connectivity index (χ2v) is 12.2. The fourth-order valence-electron chi connectivity index (χ4n) is 5.43. The SMILES string of the molecule is CCC1(COC)OC(=O)C(=C/C=C/C=C/C2=C([O-])OC3(CCCC4(OC(=O)C(/C=C/C=C/C=C5C(=O)OC(C)(COC)OC5=O)=C([O-])O4)O3)OC2=O)C(=O)O1. The highest BCUT2D eigenvalue weighted by molar-refractivity contribution is 6.16. The van der Waals surface area contributed by atoms with E-state index in [2.05, 4.69) is 0 Å². The van der Waals surface area contributed by atoms with Gasteiger partial charge in [0.05, 0.1) is 23.0 Å². The molecule has 19 heteroatoms. The van der Waals surface area contributed by atoms with Crippen LogP contribution < -0.4 is 10.2 Å². The molecule has 0 aliphatic carbocycles. The lowest BCUT2D eigenvalue weighted by Gasteiger charge is -2.54. The highest BCUT2D eigenvalue weighted by Gasteiger charge is 2.52. The van der Waals surface area contributed by atoms with Gasteiger partial charge >= 0.3 is 35.8 Å². The molecule has 0 radical (unpaired) electrons. The summed E-state index contributed by atoms with van der Waals surface area (Å²) in [6.45, 7) is 2.67. The molecule has 0 aromatic carbocycles. The van der Waals surface area contributed by atoms with Gasteiger partial charge in [-0.2, -0.15) is 0 Å². The molecular weight excluding hydrogens is 736 g/mol. The van der Waals surface area contributed by atoms with Gasteiger partial charge in [0.2, 0.25) is 0 Å². The van der Waals surface area contributed by atoms with Crippen LogP contribution in [-0.4, -0.2) is 86.8 Å². The van der Waals surface area contributed by atoms with E-state index in [1.807, 2.05) is 0 Å². The number of hydrogen-bond acceptors (Lipinski definition) is 19. The quantitative estimate of drug-likeness (QED) is 0.0893. The van der Waals surface area contributed by atoms with Crippen LogP contribution >= 0.6 is 0 Å². The molecule has 55 heavy (non-hydrogen) atoms. The van der Waals surface area contributed by atoms with E-state index in [4.69, 9.17) is 52.1 Å². The first-order valence-corrected chi connectivity index (χ1v) is 16.5. The van der Waals surface area contributed by atoms with Crippen LogP contribution in [0.2, 0.25) is 0 Å². The lowest BCUT2D eigenvalue weighted by molar-refractivity contribution is -0.537. The summed E-state index contributed by atoms with van der Waals surface area (Å²) in [6, 6.07) is 0. The Morgan fingerprint density at radius 1 is 0.582 bits per heavy atom. The normalized spacial score (nSPS) is 30.1. The number of rotatable bonds is 11. The second kappa shape index (κ2) is 16.0. The molecule has 2 unspecified atom stereocenters. The van der Waals surface area contributed by atoms with Crippen molar-refractivity contribution in [2.75, 3.05) is 27.4 Å². The van der Waals surface area contributed by atoms with E-state index in [1.54, 1.807) is 6.92 Å². The number of hydrogen-bond donors (Lipinski definition) is 0. The van der Waals surface area contributed by atoms with Gasteiger partial charge in [-0.15, -0.1) is 0 Å². The van der Waals surface area contributed by atoms with Crippen molar-refractivity contribution in [1.82, 2.24) is 0 Å². The first-order valence-electron chi connectivity index (χ1n) is 16.5. The molecule has 2 atom stereocenters. The van der Waals surface area contributed by atoms with E-state index in [0.29, 0.717) is 0 Å². The van der Waals surface area contributed by atoms with E-state index in [9.17, 15) is 39.0 Å². The second-order valence-electron chi connectivity index (χ2n) is 12.2. The van der Waals surface area contributed by atoms with Crippen LogP contribution in [0.1, 0.15) is 39.5 Å². The summed E-state index contributed by atoms with van der Waals surface area (Å²) in [5.74, 6) is -16.4. The minimum Gasteiger partial charge on any atom is -0.554 e. The zero-order valence-electron chi connectivity index (χ0n) is 29.8. The molecule has 5 rings (SSSR count). The third-order valence-corrected chi connectivity index (χ3v) is 8.01. The van der Waals surface area contributed by atoms with Crippen LogP contribution in [0.5, 0.6) is 0 Å². The fraction of sp³-hybridized carbons (Fsp3) is 0.389. The maximum atomic E-state index is 12.9. The molecule has 5 heterocycles. The number of carbonyl (C=O) groups is 6. The average Bonchev–Trinajstić information content (AvgIpc) is 3.08. The molecule has 3 fully saturated rings. The van der Waals surface area contributed by atoms with Gasteiger partial charge in [0.15, 0.2) is 0 Å². The lowest BCUT2D eigenvalue weighted by atomic mass is 10.1. The summed E-state index contributed by atoms with van der Waals surface area (Å²) in [4.78, 5) is 75.0. The van der Waals surface area contributed by atoms with E-state index in [0.717, 1.165) is 24.3 Å². The number of ether oxygens (including phenoxy) is 11. The molecule has 294 valence electrons. The van der Waals surface area contributed by atoms with Gasteiger partial charge < -0.3 is 57.6 Å². The predicted octanol–water partition coefficient (Wildman–Crippen LogP) is 0.178. The van der Waals surface area contributed by atoms with Crippen molar-refractivity contribution in [2.45, 2.75) is 63.1 Å². The highest BCUT2D eigenvalue weighted by atomic mass is 17.0. The fourth-order valence-corrected chi connectivity index (χ4v) is 5.43. The summed E-state index contributed by atoms with van der Waals surface area (Å²) in [7, 11) is 2.70. The standard InChI is InChI=1S/C36H36O19/c1-5-34(20-46-4)49-27(39)22(28(40)50-34)14-9-7-11-16-24-31(43)53-36(54-32(24)44)18-12-17-35(55-36)51-29(41)23(30(42)52-35)15-10-6-8-13-21-25(37)47-33(2,19-45-3)48-26(21)38/h6-11,13-16,41,43H,5,12,17-20H2,1-4H3/p-2/b8-6+,9-7+,15-10+,16-11+,21-13?,22-14?. The number of cyclic esters (lactones) is 4. The van der Waals surface area contributed by atoms with Gasteiger partial charge in [-0.3, -0.25) is 4.74 Å². The van der Waals surface area contributed by atoms with Gasteiger partial charge in [0.25, 0.3) is 23.5 Å². The molecule has 0 N–H and O–H groups in total. The molecule has 5 aliphatic heterocycles. The van der Waals surface area contributed by atoms with Crippen molar-refractivity contribution in [3.05, 3.63) is 94.9 Å². The molecule has 0 bridgehead atoms. The Labute approximate surface area is 312 Å².